The molecule has 1 aromatic carbocycles. The van der Waals surface area contributed by atoms with E-state index in [1.807, 2.05) is 16.8 Å². The van der Waals surface area contributed by atoms with Gasteiger partial charge >= 0.3 is 0 Å². The molecule has 2 saturated heterocycles. The third kappa shape index (κ3) is 4.49. The number of fused-ring (bicyclic) bond motifs is 1. The summed E-state index contributed by atoms with van der Waals surface area (Å²) in [5.41, 5.74) is 0.916. The molecule has 34 heavy (non-hydrogen) atoms. The molecule has 1 saturated carbocycles. The summed E-state index contributed by atoms with van der Waals surface area (Å²) in [5.74, 6) is 1.04. The highest BCUT2D eigenvalue weighted by Gasteiger charge is 2.54. The first-order valence-electron chi connectivity index (χ1n) is 12.5. The van der Waals surface area contributed by atoms with E-state index in [9.17, 15) is 9.59 Å². The summed E-state index contributed by atoms with van der Waals surface area (Å²) in [6.07, 6.45) is 7.37. The van der Waals surface area contributed by atoms with E-state index >= 15 is 0 Å². The van der Waals surface area contributed by atoms with Crippen molar-refractivity contribution in [1.29, 1.82) is 0 Å². The number of piperidine rings is 1. The van der Waals surface area contributed by atoms with E-state index in [1.54, 1.807) is 13.1 Å². The van der Waals surface area contributed by atoms with Crippen LogP contribution < -0.4 is 10.6 Å². The first-order chi connectivity index (χ1) is 16.4. The largest absolute Gasteiger partial charge is 0.348 e. The van der Waals surface area contributed by atoms with E-state index in [2.05, 4.69) is 56.8 Å². The number of carbonyl (C=O) groups is 2. The number of nitrogens with zero attached hydrogens (tertiary/aromatic N) is 4. The van der Waals surface area contributed by atoms with Gasteiger partial charge in [0.1, 0.15) is 5.82 Å². The average molecular weight is 465 g/mol. The van der Waals surface area contributed by atoms with Crippen LogP contribution in [-0.2, 0) is 9.59 Å². The van der Waals surface area contributed by atoms with Gasteiger partial charge in [-0.3, -0.25) is 19.4 Å². The Morgan fingerprint density at radius 2 is 1.85 bits per heavy atom. The van der Waals surface area contributed by atoms with Gasteiger partial charge in [-0.15, -0.1) is 0 Å². The second-order valence-corrected chi connectivity index (χ2v) is 10.4. The molecule has 182 valence electrons. The fourth-order valence-corrected chi connectivity index (χ4v) is 6.70. The van der Waals surface area contributed by atoms with Crippen LogP contribution >= 0.6 is 0 Å². The summed E-state index contributed by atoms with van der Waals surface area (Å²) >= 11 is 0. The minimum absolute atomic E-state index is 0.0149. The number of likely N-dealkylation sites (N-methyl/N-ethyl adjacent to an activating group) is 1. The number of aromatic nitrogens is 2. The lowest BCUT2D eigenvalue weighted by molar-refractivity contribution is -0.122. The number of likely N-dealkylation sites (tertiary alicyclic amines) is 2. The molecule has 0 unspecified atom stereocenters. The zero-order chi connectivity index (χ0) is 23.7. The average Bonchev–Trinajstić information content (AvgIpc) is 3.52. The molecule has 3 atom stereocenters. The molecular weight excluding hydrogens is 428 g/mol. The molecule has 2 amide bonds. The molecule has 8 nitrogen and oxygen atoms in total. The molecule has 0 radical (unpaired) electrons. The van der Waals surface area contributed by atoms with E-state index < -0.39 is 0 Å². The van der Waals surface area contributed by atoms with E-state index in [1.165, 1.54) is 18.4 Å². The maximum Gasteiger partial charge on any atom is 0.239 e. The summed E-state index contributed by atoms with van der Waals surface area (Å²) in [4.78, 5) is 29.8. The zero-order valence-corrected chi connectivity index (χ0v) is 20.2. The van der Waals surface area contributed by atoms with Gasteiger partial charge in [0.05, 0.1) is 24.3 Å². The molecule has 3 aliphatic rings. The molecule has 2 aliphatic heterocycles. The lowest BCUT2D eigenvalue weighted by Gasteiger charge is -2.45. The molecule has 2 aromatic rings. The number of carbonyl (C=O) groups excluding carboxylic acids is 2. The van der Waals surface area contributed by atoms with Crippen molar-refractivity contribution in [3.05, 3.63) is 48.2 Å². The Kier molecular flexibility index (Phi) is 6.44. The van der Waals surface area contributed by atoms with Gasteiger partial charge in [-0.1, -0.05) is 43.2 Å². The van der Waals surface area contributed by atoms with Gasteiger partial charge in [-0.05, 0) is 38.4 Å². The number of benzene rings is 1. The Labute approximate surface area is 201 Å². The number of hydrogen-bond donors (Lipinski definition) is 2. The maximum absolute atomic E-state index is 13.0. The van der Waals surface area contributed by atoms with Crippen LogP contribution in [0.1, 0.15) is 56.7 Å². The van der Waals surface area contributed by atoms with Crippen LogP contribution in [0.3, 0.4) is 0 Å². The van der Waals surface area contributed by atoms with Crippen molar-refractivity contribution in [1.82, 2.24) is 24.9 Å². The highest BCUT2D eigenvalue weighted by atomic mass is 16.2. The van der Waals surface area contributed by atoms with Crippen LogP contribution in [0.4, 0.5) is 5.82 Å². The van der Waals surface area contributed by atoms with Crippen LogP contribution in [0.25, 0.3) is 0 Å². The Morgan fingerprint density at radius 3 is 2.59 bits per heavy atom. The predicted molar refractivity (Wildman–Crippen MR) is 131 cm³/mol. The summed E-state index contributed by atoms with van der Waals surface area (Å²) < 4.78 is 1.98. The molecule has 3 fully saturated rings. The predicted octanol–water partition coefficient (Wildman–Crippen LogP) is 2.82. The van der Waals surface area contributed by atoms with Crippen molar-refractivity contribution in [2.24, 2.45) is 5.92 Å². The van der Waals surface area contributed by atoms with Crippen LogP contribution in [-0.4, -0.2) is 70.2 Å². The molecule has 3 heterocycles. The Bertz CT molecular complexity index is 1020. The van der Waals surface area contributed by atoms with Gasteiger partial charge in [0, 0.05) is 38.0 Å². The number of hydrogen-bond acceptors (Lipinski definition) is 5. The normalized spacial score (nSPS) is 28.1. The van der Waals surface area contributed by atoms with Crippen LogP contribution in [0.2, 0.25) is 0 Å². The van der Waals surface area contributed by atoms with Gasteiger partial charge in [0.2, 0.25) is 11.8 Å². The monoisotopic (exact) mass is 464 g/mol. The number of amides is 2. The van der Waals surface area contributed by atoms with E-state index in [-0.39, 0.29) is 23.4 Å². The quantitative estimate of drug-likeness (QED) is 0.687. The number of anilines is 1. The Morgan fingerprint density at radius 1 is 1.09 bits per heavy atom. The first kappa shape index (κ1) is 23.1. The van der Waals surface area contributed by atoms with Gasteiger partial charge in [-0.25, -0.2) is 4.68 Å². The van der Waals surface area contributed by atoms with Crippen LogP contribution in [0.5, 0.6) is 0 Å². The second-order valence-electron chi connectivity index (χ2n) is 10.4. The molecule has 0 spiro atoms. The minimum atomic E-state index is -0.370. The van der Waals surface area contributed by atoms with Crippen molar-refractivity contribution in [2.75, 3.05) is 38.5 Å². The third-order valence-electron chi connectivity index (χ3n) is 7.90. The minimum Gasteiger partial charge on any atom is -0.348 e. The number of nitrogens with one attached hydrogen (secondary N) is 2. The van der Waals surface area contributed by atoms with Gasteiger partial charge in [0.25, 0.3) is 0 Å². The third-order valence-corrected chi connectivity index (χ3v) is 7.90. The van der Waals surface area contributed by atoms with Crippen molar-refractivity contribution < 1.29 is 9.59 Å². The zero-order valence-electron chi connectivity index (χ0n) is 20.2. The highest BCUT2D eigenvalue weighted by Crippen LogP contribution is 2.46. The lowest BCUT2D eigenvalue weighted by Crippen LogP contribution is -2.64. The standard InChI is InChI=1S/C26H36N6O2/c1-19(33)29-26-17-30(2)25(20-8-4-3-5-9-20)22(26)13-15-31(18-26)16-24(34)28-23-12-14-27-32(23)21-10-6-7-11-21/h3-5,8-9,12,14,21-22,25H,6-7,10-11,13,15-18H2,1-2H3,(H,28,34)(H,29,33)/t22-,25-,26+/m1/s1. The Hall–Kier alpha value is -2.71. The summed E-state index contributed by atoms with van der Waals surface area (Å²) in [7, 11) is 2.14. The maximum atomic E-state index is 13.0. The van der Waals surface area contributed by atoms with E-state index in [4.69, 9.17) is 0 Å². The molecular formula is C26H36N6O2. The lowest BCUT2D eigenvalue weighted by atomic mass is 9.75. The Balaban J connectivity index is 1.29. The molecule has 8 heteroatoms. The summed E-state index contributed by atoms with van der Waals surface area (Å²) in [5, 5.41) is 10.9. The van der Waals surface area contributed by atoms with Crippen molar-refractivity contribution in [3.8, 4) is 0 Å². The van der Waals surface area contributed by atoms with Crippen LogP contribution in [0, 0.1) is 5.92 Å². The van der Waals surface area contributed by atoms with Gasteiger partial charge in [0.15, 0.2) is 0 Å². The second kappa shape index (κ2) is 9.50. The van der Waals surface area contributed by atoms with Crippen molar-refractivity contribution >= 4 is 17.6 Å². The summed E-state index contributed by atoms with van der Waals surface area (Å²) in [6, 6.07) is 13.1. The fraction of sp³-hybridized carbons (Fsp3) is 0.577. The van der Waals surface area contributed by atoms with E-state index in [0.717, 1.165) is 38.2 Å². The SMILES string of the molecule is CC(=O)N[C@@]12CN(CC(=O)Nc3ccnn3C3CCCC3)CC[C@@H]1[C@@H](c1ccccc1)N(C)C2. The molecule has 1 aliphatic carbocycles. The first-order valence-corrected chi connectivity index (χ1v) is 12.5. The topological polar surface area (TPSA) is 82.5 Å². The molecule has 0 bridgehead atoms. The molecule has 2 N–H and O–H groups in total. The highest BCUT2D eigenvalue weighted by molar-refractivity contribution is 5.91. The van der Waals surface area contributed by atoms with E-state index in [0.29, 0.717) is 25.0 Å². The smallest absolute Gasteiger partial charge is 0.239 e. The fourth-order valence-electron chi connectivity index (χ4n) is 6.70. The van der Waals surface area contributed by atoms with Crippen molar-refractivity contribution in [3.63, 3.8) is 0 Å². The van der Waals surface area contributed by atoms with Crippen LogP contribution in [0.15, 0.2) is 42.6 Å². The number of rotatable bonds is 6. The summed E-state index contributed by atoms with van der Waals surface area (Å²) in [6.45, 7) is 4.17. The van der Waals surface area contributed by atoms with Gasteiger partial charge in [-0.2, -0.15) is 5.10 Å². The van der Waals surface area contributed by atoms with Gasteiger partial charge < -0.3 is 10.6 Å². The molecule has 5 rings (SSSR count). The van der Waals surface area contributed by atoms with Crippen molar-refractivity contribution in [2.45, 2.75) is 56.7 Å². The molecule has 1 aromatic heterocycles.